The smallest absolute Gasteiger partial charge is 0.407 e. The van der Waals surface area contributed by atoms with Gasteiger partial charge in [-0.15, -0.1) is 0 Å². The van der Waals surface area contributed by atoms with Crippen molar-refractivity contribution in [3.05, 3.63) is 34.4 Å². The summed E-state index contributed by atoms with van der Waals surface area (Å²) in [6.07, 6.45) is -0.560. The topological polar surface area (TPSA) is 125 Å². The highest BCUT2D eigenvalue weighted by Crippen LogP contribution is 2.17. The molecule has 1 aromatic rings. The number of benzene rings is 1. The van der Waals surface area contributed by atoms with Gasteiger partial charge in [0.15, 0.2) is 0 Å². The Hall–Kier alpha value is -2.84. The molecule has 0 unspecified atom stereocenters. The van der Waals surface area contributed by atoms with Gasteiger partial charge in [-0.2, -0.15) is 0 Å². The Morgan fingerprint density at radius 1 is 1.33 bits per heavy atom. The van der Waals surface area contributed by atoms with Crippen LogP contribution in [0.15, 0.2) is 24.3 Å². The minimum absolute atomic E-state index is 0.116. The van der Waals surface area contributed by atoms with E-state index < -0.39 is 22.6 Å². The summed E-state index contributed by atoms with van der Waals surface area (Å²) in [6.45, 7) is 5.95. The van der Waals surface area contributed by atoms with E-state index in [1.807, 2.05) is 0 Å². The highest BCUT2D eigenvalue weighted by Gasteiger charge is 2.25. The van der Waals surface area contributed by atoms with Gasteiger partial charge in [-0.1, -0.05) is 6.07 Å². The van der Waals surface area contributed by atoms with Crippen LogP contribution in [0.2, 0.25) is 0 Å². The third kappa shape index (κ3) is 6.11. The molecule has 24 heavy (non-hydrogen) atoms. The van der Waals surface area contributed by atoms with Gasteiger partial charge in [-0.3, -0.25) is 10.1 Å². The molecule has 0 saturated carbocycles. The lowest BCUT2D eigenvalue weighted by molar-refractivity contribution is -0.384. The van der Waals surface area contributed by atoms with Gasteiger partial charge in [0.2, 0.25) is 0 Å². The number of hydrogen-bond donors (Lipinski definition) is 3. The Kier molecular flexibility index (Phi) is 6.51. The lowest BCUT2D eigenvalue weighted by Crippen LogP contribution is -2.46. The molecule has 0 aliphatic rings. The Morgan fingerprint density at radius 3 is 2.54 bits per heavy atom. The number of carboxylic acid groups (broad SMARTS) is 1. The first-order chi connectivity index (χ1) is 11.1. The molecule has 0 bridgehead atoms. The van der Waals surface area contributed by atoms with Crippen molar-refractivity contribution < 1.29 is 19.6 Å². The molecule has 3 amide bonds. The van der Waals surface area contributed by atoms with E-state index in [1.54, 1.807) is 26.8 Å². The van der Waals surface area contributed by atoms with Gasteiger partial charge in [0.25, 0.3) is 5.69 Å². The number of anilines is 1. The molecule has 132 valence electrons. The fourth-order valence-electron chi connectivity index (χ4n) is 2.03. The molecular formula is C15H22N4O5. The number of nitro benzene ring substituents is 1. The third-order valence-corrected chi connectivity index (χ3v) is 3.20. The summed E-state index contributed by atoms with van der Waals surface area (Å²) in [5, 5.41) is 24.9. The minimum Gasteiger partial charge on any atom is -0.465 e. The fraction of sp³-hybridized carbons (Fsp3) is 0.467. The van der Waals surface area contributed by atoms with Crippen LogP contribution in [-0.4, -0.2) is 45.7 Å². The zero-order chi connectivity index (χ0) is 18.3. The molecule has 0 heterocycles. The number of hydrogen-bond acceptors (Lipinski definition) is 4. The van der Waals surface area contributed by atoms with Crippen LogP contribution in [0.1, 0.15) is 27.2 Å². The highest BCUT2D eigenvalue weighted by atomic mass is 16.6. The predicted octanol–water partition coefficient (Wildman–Crippen LogP) is 2.88. The molecule has 0 aliphatic heterocycles. The molecule has 0 aliphatic carbocycles. The SMILES string of the molecule is CC(C)(C)N(CCCNC(=O)Nc1cccc([N+](=O)[O-])c1)C(=O)O. The van der Waals surface area contributed by atoms with E-state index in [0.29, 0.717) is 12.1 Å². The lowest BCUT2D eigenvalue weighted by atomic mass is 10.1. The molecule has 9 nitrogen and oxygen atoms in total. The fourth-order valence-corrected chi connectivity index (χ4v) is 2.03. The second kappa shape index (κ2) is 8.14. The largest absolute Gasteiger partial charge is 0.465 e. The molecule has 1 rings (SSSR count). The molecule has 0 atom stereocenters. The Balaban J connectivity index is 2.43. The van der Waals surface area contributed by atoms with Crippen molar-refractivity contribution in [2.24, 2.45) is 0 Å². The van der Waals surface area contributed by atoms with Gasteiger partial charge < -0.3 is 20.6 Å². The number of urea groups is 1. The molecule has 3 N–H and O–H groups in total. The first-order valence-corrected chi connectivity index (χ1v) is 7.41. The van der Waals surface area contributed by atoms with Crippen molar-refractivity contribution in [3.63, 3.8) is 0 Å². The maximum atomic E-state index is 11.7. The van der Waals surface area contributed by atoms with Crippen molar-refractivity contribution >= 4 is 23.5 Å². The molecule has 0 spiro atoms. The Morgan fingerprint density at radius 2 is 2.00 bits per heavy atom. The van der Waals surface area contributed by atoms with Crippen LogP contribution in [0.3, 0.4) is 0 Å². The molecule has 0 saturated heterocycles. The summed E-state index contributed by atoms with van der Waals surface area (Å²) < 4.78 is 0. The van der Waals surface area contributed by atoms with Crippen LogP contribution in [0, 0.1) is 10.1 Å². The number of rotatable bonds is 6. The van der Waals surface area contributed by atoms with Crippen molar-refractivity contribution in [3.8, 4) is 0 Å². The molecular weight excluding hydrogens is 316 g/mol. The van der Waals surface area contributed by atoms with Gasteiger partial charge in [0.1, 0.15) is 0 Å². The number of amides is 3. The quantitative estimate of drug-likeness (QED) is 0.418. The van der Waals surface area contributed by atoms with Crippen LogP contribution in [-0.2, 0) is 0 Å². The average molecular weight is 338 g/mol. The maximum Gasteiger partial charge on any atom is 0.407 e. The molecule has 0 aromatic heterocycles. The van der Waals surface area contributed by atoms with Crippen LogP contribution >= 0.6 is 0 Å². The summed E-state index contributed by atoms with van der Waals surface area (Å²) in [5.41, 5.74) is -0.324. The van der Waals surface area contributed by atoms with Gasteiger partial charge in [-0.25, -0.2) is 9.59 Å². The van der Waals surface area contributed by atoms with Crippen LogP contribution in [0.25, 0.3) is 0 Å². The van der Waals surface area contributed by atoms with Crippen LogP contribution in [0.4, 0.5) is 21.0 Å². The normalized spacial score (nSPS) is 10.8. The predicted molar refractivity (Wildman–Crippen MR) is 89.2 cm³/mol. The van der Waals surface area contributed by atoms with E-state index in [1.165, 1.54) is 23.1 Å². The zero-order valence-corrected chi connectivity index (χ0v) is 13.9. The second-order valence-corrected chi connectivity index (χ2v) is 6.15. The third-order valence-electron chi connectivity index (χ3n) is 3.20. The van der Waals surface area contributed by atoms with Crippen LogP contribution in [0.5, 0.6) is 0 Å². The van der Waals surface area contributed by atoms with E-state index in [2.05, 4.69) is 10.6 Å². The van der Waals surface area contributed by atoms with E-state index >= 15 is 0 Å². The zero-order valence-electron chi connectivity index (χ0n) is 13.9. The number of nitrogens with one attached hydrogen (secondary N) is 2. The lowest BCUT2D eigenvalue weighted by Gasteiger charge is -2.33. The van der Waals surface area contributed by atoms with Gasteiger partial charge in [-0.05, 0) is 33.3 Å². The number of carbonyl (C=O) groups is 2. The molecule has 0 radical (unpaired) electrons. The Labute approximate surface area is 139 Å². The minimum atomic E-state index is -1.01. The van der Waals surface area contributed by atoms with Gasteiger partial charge >= 0.3 is 12.1 Å². The first kappa shape index (κ1) is 19.2. The van der Waals surface area contributed by atoms with Gasteiger partial charge in [0.05, 0.1) is 4.92 Å². The maximum absolute atomic E-state index is 11.7. The van der Waals surface area contributed by atoms with Crippen molar-refractivity contribution in [2.75, 3.05) is 18.4 Å². The van der Waals surface area contributed by atoms with E-state index in [9.17, 15) is 19.7 Å². The van der Waals surface area contributed by atoms with Gasteiger partial charge in [0, 0.05) is 36.4 Å². The Bertz CT molecular complexity index is 612. The average Bonchev–Trinajstić information content (AvgIpc) is 2.45. The summed E-state index contributed by atoms with van der Waals surface area (Å²) >= 11 is 0. The monoisotopic (exact) mass is 338 g/mol. The number of non-ortho nitro benzene ring substituents is 1. The molecule has 9 heteroatoms. The molecule has 0 fully saturated rings. The molecule has 1 aromatic carbocycles. The standard InChI is InChI=1S/C15H22N4O5/c1-15(2,3)18(14(21)22)9-5-8-16-13(20)17-11-6-4-7-12(10-11)19(23)24/h4,6-7,10H,5,8-9H2,1-3H3,(H,21,22)(H2,16,17,20). The summed E-state index contributed by atoms with van der Waals surface area (Å²) in [7, 11) is 0. The van der Waals surface area contributed by atoms with E-state index in [-0.39, 0.29) is 18.8 Å². The van der Waals surface area contributed by atoms with Crippen LogP contribution < -0.4 is 10.6 Å². The van der Waals surface area contributed by atoms with Crippen molar-refractivity contribution in [1.29, 1.82) is 0 Å². The van der Waals surface area contributed by atoms with Crippen molar-refractivity contribution in [2.45, 2.75) is 32.7 Å². The van der Waals surface area contributed by atoms with E-state index in [0.717, 1.165) is 0 Å². The highest BCUT2D eigenvalue weighted by molar-refractivity contribution is 5.89. The summed E-state index contributed by atoms with van der Waals surface area (Å²) in [6, 6.07) is 5.09. The number of nitrogens with zero attached hydrogens (tertiary/aromatic N) is 2. The second-order valence-electron chi connectivity index (χ2n) is 6.15. The first-order valence-electron chi connectivity index (χ1n) is 7.41. The van der Waals surface area contributed by atoms with E-state index in [4.69, 9.17) is 5.11 Å². The number of carbonyl (C=O) groups excluding carboxylic acids is 1. The summed E-state index contributed by atoms with van der Waals surface area (Å²) in [4.78, 5) is 34.3. The summed E-state index contributed by atoms with van der Waals surface area (Å²) in [5.74, 6) is 0. The van der Waals surface area contributed by atoms with Crippen molar-refractivity contribution in [1.82, 2.24) is 10.2 Å². The number of nitro groups is 1.